The van der Waals surface area contributed by atoms with Gasteiger partial charge in [-0.3, -0.25) is 4.79 Å². The van der Waals surface area contributed by atoms with Crippen molar-refractivity contribution in [3.63, 3.8) is 0 Å². The number of hydrogen-bond acceptors (Lipinski definition) is 3. The van der Waals surface area contributed by atoms with Crippen molar-refractivity contribution in [1.29, 1.82) is 0 Å². The van der Waals surface area contributed by atoms with Crippen molar-refractivity contribution in [2.24, 2.45) is 0 Å². The maximum atomic E-state index is 12.8. The number of para-hydroxylation sites is 1. The first-order valence-corrected chi connectivity index (χ1v) is 9.16. The average Bonchev–Trinajstić information content (AvgIpc) is 2.61. The summed E-state index contributed by atoms with van der Waals surface area (Å²) in [5.41, 5.74) is 3.40. The van der Waals surface area contributed by atoms with Crippen LogP contribution in [0.1, 0.15) is 15.9 Å². The molecule has 0 radical (unpaired) electrons. The van der Waals surface area contributed by atoms with E-state index in [4.69, 9.17) is 0 Å². The Balaban J connectivity index is 1.69. The molecule has 1 aliphatic heterocycles. The fourth-order valence-electron chi connectivity index (χ4n) is 3.06. The van der Waals surface area contributed by atoms with E-state index in [-0.39, 0.29) is 5.91 Å². The summed E-state index contributed by atoms with van der Waals surface area (Å²) >= 11 is 1.63. The fourth-order valence-corrected chi connectivity index (χ4v) is 3.65. The molecule has 0 spiro atoms. The number of aryl methyl sites for hydroxylation is 1. The molecule has 0 N–H and O–H groups in total. The molecule has 1 aliphatic rings. The lowest BCUT2D eigenvalue weighted by Gasteiger charge is -2.37. The van der Waals surface area contributed by atoms with E-state index in [0.717, 1.165) is 36.6 Å². The van der Waals surface area contributed by atoms with Gasteiger partial charge in [-0.15, -0.1) is 11.8 Å². The van der Waals surface area contributed by atoms with Gasteiger partial charge in [-0.25, -0.2) is 0 Å². The number of benzene rings is 2. The second kappa shape index (κ2) is 7.09. The summed E-state index contributed by atoms with van der Waals surface area (Å²) in [6.45, 7) is 5.46. The van der Waals surface area contributed by atoms with E-state index in [1.807, 2.05) is 35.4 Å². The quantitative estimate of drug-likeness (QED) is 0.804. The van der Waals surface area contributed by atoms with Crippen LogP contribution in [-0.2, 0) is 0 Å². The maximum absolute atomic E-state index is 12.8. The van der Waals surface area contributed by atoms with Crippen molar-refractivity contribution < 1.29 is 4.79 Å². The number of amides is 1. The predicted molar refractivity (Wildman–Crippen MR) is 97.5 cm³/mol. The summed E-state index contributed by atoms with van der Waals surface area (Å²) in [7, 11) is 0. The lowest BCUT2D eigenvalue weighted by Crippen LogP contribution is -2.49. The fraction of sp³-hybridized carbons (Fsp3) is 0.316. The largest absolute Gasteiger partial charge is 0.368 e. The molecule has 0 aliphatic carbocycles. The smallest absolute Gasteiger partial charge is 0.255 e. The number of hydrogen-bond donors (Lipinski definition) is 0. The Hall–Kier alpha value is -1.94. The van der Waals surface area contributed by atoms with Crippen LogP contribution in [0.15, 0.2) is 53.4 Å². The van der Waals surface area contributed by atoms with Crippen LogP contribution in [0.2, 0.25) is 0 Å². The first-order valence-electron chi connectivity index (χ1n) is 7.93. The number of carbonyl (C=O) groups excluding carboxylic acids is 1. The lowest BCUT2D eigenvalue weighted by molar-refractivity contribution is 0.0743. The van der Waals surface area contributed by atoms with E-state index in [0.29, 0.717) is 0 Å². The third-order valence-electron chi connectivity index (χ3n) is 4.36. The van der Waals surface area contributed by atoms with E-state index < -0.39 is 0 Å². The van der Waals surface area contributed by atoms with E-state index in [9.17, 15) is 4.79 Å². The van der Waals surface area contributed by atoms with Gasteiger partial charge in [0.25, 0.3) is 5.91 Å². The minimum Gasteiger partial charge on any atom is -0.368 e. The van der Waals surface area contributed by atoms with Crippen LogP contribution in [0.5, 0.6) is 0 Å². The van der Waals surface area contributed by atoms with Crippen LogP contribution in [0, 0.1) is 6.92 Å². The Bertz CT molecular complexity index is 693. The molecule has 0 aromatic heterocycles. The van der Waals surface area contributed by atoms with Gasteiger partial charge in [0.1, 0.15) is 0 Å². The zero-order chi connectivity index (χ0) is 16.2. The predicted octanol–water partition coefficient (Wildman–Crippen LogP) is 3.68. The van der Waals surface area contributed by atoms with Gasteiger partial charge in [0.15, 0.2) is 0 Å². The van der Waals surface area contributed by atoms with Crippen molar-refractivity contribution in [2.75, 3.05) is 37.3 Å². The number of nitrogens with zero attached hydrogens (tertiary/aromatic N) is 2. The molecule has 0 atom stereocenters. The molecule has 0 unspecified atom stereocenters. The van der Waals surface area contributed by atoms with E-state index in [1.165, 1.54) is 11.3 Å². The van der Waals surface area contributed by atoms with Crippen molar-refractivity contribution in [1.82, 2.24) is 4.90 Å². The molecule has 1 fully saturated rings. The summed E-state index contributed by atoms with van der Waals surface area (Å²) in [5.74, 6) is 0.152. The average molecular weight is 326 g/mol. The molecule has 2 aromatic carbocycles. The third kappa shape index (κ3) is 3.37. The minimum atomic E-state index is 0.152. The van der Waals surface area contributed by atoms with Crippen molar-refractivity contribution in [3.8, 4) is 0 Å². The van der Waals surface area contributed by atoms with Crippen molar-refractivity contribution in [2.45, 2.75) is 11.8 Å². The SMILES string of the molecule is CSc1ccccc1C(=O)N1CCN(c2ccccc2C)CC1. The molecule has 3 rings (SSSR count). The van der Waals surface area contributed by atoms with E-state index in [2.05, 4.69) is 36.1 Å². The van der Waals surface area contributed by atoms with E-state index >= 15 is 0 Å². The number of thioether (sulfide) groups is 1. The highest BCUT2D eigenvalue weighted by Gasteiger charge is 2.24. The molecule has 1 saturated heterocycles. The molecule has 0 bridgehead atoms. The molecular weight excluding hydrogens is 304 g/mol. The van der Waals surface area contributed by atoms with Crippen LogP contribution >= 0.6 is 11.8 Å². The lowest BCUT2D eigenvalue weighted by atomic mass is 10.1. The Morgan fingerprint density at radius 3 is 2.30 bits per heavy atom. The van der Waals surface area contributed by atoms with Gasteiger partial charge >= 0.3 is 0 Å². The van der Waals surface area contributed by atoms with Crippen LogP contribution in [0.4, 0.5) is 5.69 Å². The normalized spacial score (nSPS) is 14.9. The Labute approximate surface area is 142 Å². The van der Waals surface area contributed by atoms with Gasteiger partial charge in [0.2, 0.25) is 0 Å². The number of piperazine rings is 1. The summed E-state index contributed by atoms with van der Waals surface area (Å²) in [6, 6.07) is 16.3. The number of anilines is 1. The Morgan fingerprint density at radius 2 is 1.61 bits per heavy atom. The number of carbonyl (C=O) groups is 1. The summed E-state index contributed by atoms with van der Waals surface area (Å²) in [4.78, 5) is 18.2. The van der Waals surface area contributed by atoms with Crippen molar-refractivity contribution in [3.05, 3.63) is 59.7 Å². The highest BCUT2D eigenvalue weighted by Crippen LogP contribution is 2.24. The third-order valence-corrected chi connectivity index (χ3v) is 5.16. The first-order chi connectivity index (χ1) is 11.2. The van der Waals surface area contributed by atoms with Gasteiger partial charge < -0.3 is 9.80 Å². The second-order valence-electron chi connectivity index (χ2n) is 5.77. The molecule has 4 heteroatoms. The van der Waals surface area contributed by atoms with Crippen molar-refractivity contribution >= 4 is 23.4 Å². The molecule has 0 saturated carbocycles. The summed E-state index contributed by atoms with van der Waals surface area (Å²) < 4.78 is 0. The van der Waals surface area contributed by atoms with Crippen LogP contribution in [0.3, 0.4) is 0 Å². The second-order valence-corrected chi connectivity index (χ2v) is 6.61. The molecule has 2 aromatic rings. The van der Waals surface area contributed by atoms with Gasteiger partial charge in [-0.2, -0.15) is 0 Å². The van der Waals surface area contributed by atoms with Gasteiger partial charge in [-0.1, -0.05) is 30.3 Å². The monoisotopic (exact) mass is 326 g/mol. The molecule has 1 amide bonds. The summed E-state index contributed by atoms with van der Waals surface area (Å²) in [6.07, 6.45) is 2.02. The van der Waals surface area contributed by atoms with Gasteiger partial charge in [0.05, 0.1) is 5.56 Å². The summed E-state index contributed by atoms with van der Waals surface area (Å²) in [5, 5.41) is 0. The maximum Gasteiger partial charge on any atom is 0.255 e. The standard InChI is InChI=1S/C19H22N2OS/c1-15-7-3-5-9-17(15)20-11-13-21(14-12-20)19(22)16-8-4-6-10-18(16)23-2/h3-10H,11-14H2,1-2H3. The van der Waals surface area contributed by atoms with E-state index in [1.54, 1.807) is 11.8 Å². The van der Waals surface area contributed by atoms with Gasteiger partial charge in [0, 0.05) is 36.8 Å². The molecule has 120 valence electrons. The molecule has 23 heavy (non-hydrogen) atoms. The molecule has 1 heterocycles. The first kappa shape index (κ1) is 15.9. The van der Waals surface area contributed by atoms with Crippen LogP contribution < -0.4 is 4.90 Å². The highest BCUT2D eigenvalue weighted by atomic mass is 32.2. The highest BCUT2D eigenvalue weighted by molar-refractivity contribution is 7.98. The van der Waals surface area contributed by atoms with Crippen LogP contribution in [-0.4, -0.2) is 43.2 Å². The topological polar surface area (TPSA) is 23.6 Å². The number of rotatable bonds is 3. The molecule has 3 nitrogen and oxygen atoms in total. The zero-order valence-corrected chi connectivity index (χ0v) is 14.5. The van der Waals surface area contributed by atoms with Crippen LogP contribution in [0.25, 0.3) is 0 Å². The minimum absolute atomic E-state index is 0.152. The Kier molecular flexibility index (Phi) is 4.91. The zero-order valence-electron chi connectivity index (χ0n) is 13.7. The molecular formula is C19H22N2OS. The van der Waals surface area contributed by atoms with Gasteiger partial charge in [-0.05, 0) is 36.9 Å². The Morgan fingerprint density at radius 1 is 0.957 bits per heavy atom.